The Labute approximate surface area is 97.3 Å². The van der Waals surface area contributed by atoms with Crippen LogP contribution in [0.4, 0.5) is 5.69 Å². The van der Waals surface area contributed by atoms with Crippen molar-refractivity contribution in [2.45, 2.75) is 13.8 Å². The highest BCUT2D eigenvalue weighted by atomic mass is 35.5. The van der Waals surface area contributed by atoms with Crippen molar-refractivity contribution >= 4 is 34.2 Å². The molecule has 16 heavy (non-hydrogen) atoms. The van der Waals surface area contributed by atoms with E-state index in [4.69, 9.17) is 22.1 Å². The quantitative estimate of drug-likeness (QED) is 0.593. The number of halogens is 1. The molecule has 4 nitrogen and oxygen atoms in total. The Morgan fingerprint density at radius 3 is 2.81 bits per heavy atom. The summed E-state index contributed by atoms with van der Waals surface area (Å²) in [7, 11) is 0. The van der Waals surface area contributed by atoms with Gasteiger partial charge in [-0.1, -0.05) is 11.6 Å². The number of hydrogen-bond donors (Lipinski definition) is 2. The van der Waals surface area contributed by atoms with E-state index < -0.39 is 0 Å². The first-order chi connectivity index (χ1) is 7.50. The number of aromatic amines is 1. The minimum Gasteiger partial charge on any atom is -0.424 e. The summed E-state index contributed by atoms with van der Waals surface area (Å²) in [6, 6.07) is 3.50. The van der Waals surface area contributed by atoms with Gasteiger partial charge in [0.1, 0.15) is 0 Å². The zero-order valence-electron chi connectivity index (χ0n) is 8.93. The molecule has 1 aromatic carbocycles. The van der Waals surface area contributed by atoms with Gasteiger partial charge in [-0.3, -0.25) is 4.79 Å². The minimum absolute atomic E-state index is 0.386. The van der Waals surface area contributed by atoms with Crippen molar-refractivity contribution < 1.29 is 9.53 Å². The molecule has 2 aromatic rings. The number of benzene rings is 1. The maximum Gasteiger partial charge on any atom is 0.308 e. The molecule has 1 heterocycles. The van der Waals surface area contributed by atoms with E-state index in [2.05, 4.69) is 4.98 Å². The van der Waals surface area contributed by atoms with Gasteiger partial charge in [0.15, 0.2) is 5.75 Å². The number of H-pyrrole nitrogens is 1. The average molecular weight is 239 g/mol. The van der Waals surface area contributed by atoms with E-state index in [9.17, 15) is 4.79 Å². The Hall–Kier alpha value is -1.68. The number of carbonyl (C=O) groups excluding carboxylic acids is 1. The number of hydrogen-bond acceptors (Lipinski definition) is 3. The van der Waals surface area contributed by atoms with Crippen LogP contribution in [0.2, 0.25) is 5.02 Å². The van der Waals surface area contributed by atoms with Crippen LogP contribution in [0.3, 0.4) is 0 Å². The van der Waals surface area contributed by atoms with Crippen molar-refractivity contribution in [1.82, 2.24) is 4.98 Å². The number of aryl methyl sites for hydroxylation is 1. The summed E-state index contributed by atoms with van der Waals surface area (Å²) in [6.07, 6.45) is 0. The highest BCUT2D eigenvalue weighted by molar-refractivity contribution is 6.34. The lowest BCUT2D eigenvalue weighted by atomic mass is 10.2. The van der Waals surface area contributed by atoms with Crippen LogP contribution in [0.5, 0.6) is 5.75 Å². The van der Waals surface area contributed by atoms with Crippen molar-refractivity contribution in [2.75, 3.05) is 5.73 Å². The topological polar surface area (TPSA) is 68.1 Å². The number of ether oxygens (including phenoxy) is 1. The maximum absolute atomic E-state index is 11.0. The van der Waals surface area contributed by atoms with Gasteiger partial charge in [-0.25, -0.2) is 0 Å². The minimum atomic E-state index is -0.386. The first kappa shape index (κ1) is 10.8. The summed E-state index contributed by atoms with van der Waals surface area (Å²) in [6.45, 7) is 3.16. The molecule has 0 aliphatic rings. The molecule has 0 saturated carbocycles. The number of nitrogens with two attached hydrogens (primary N) is 1. The van der Waals surface area contributed by atoms with Gasteiger partial charge in [-0.15, -0.1) is 0 Å². The van der Waals surface area contributed by atoms with Gasteiger partial charge in [0, 0.05) is 6.92 Å². The number of carbonyl (C=O) groups is 1. The molecule has 5 heteroatoms. The highest BCUT2D eigenvalue weighted by Gasteiger charge is 2.15. The molecule has 0 aliphatic heterocycles. The van der Waals surface area contributed by atoms with E-state index >= 15 is 0 Å². The Morgan fingerprint density at radius 2 is 2.19 bits per heavy atom. The second kappa shape index (κ2) is 3.72. The van der Waals surface area contributed by atoms with E-state index in [1.54, 1.807) is 12.1 Å². The lowest BCUT2D eigenvalue weighted by Gasteiger charge is -2.04. The van der Waals surface area contributed by atoms with Crippen LogP contribution in [-0.4, -0.2) is 11.0 Å². The maximum atomic E-state index is 11.0. The molecule has 0 spiro atoms. The third kappa shape index (κ3) is 1.61. The molecule has 0 unspecified atom stereocenters. The normalized spacial score (nSPS) is 10.7. The Balaban J connectivity index is 2.76. The predicted octanol–water partition coefficient (Wildman–Crippen LogP) is 2.64. The number of anilines is 1. The highest BCUT2D eigenvalue weighted by Crippen LogP contribution is 2.37. The van der Waals surface area contributed by atoms with Crippen molar-refractivity contribution in [2.24, 2.45) is 0 Å². The molecular formula is C11H11ClN2O2. The molecule has 0 radical (unpaired) electrons. The van der Waals surface area contributed by atoms with Crippen LogP contribution in [0, 0.1) is 6.92 Å². The van der Waals surface area contributed by atoms with E-state index in [0.29, 0.717) is 21.8 Å². The lowest BCUT2D eigenvalue weighted by molar-refractivity contribution is -0.131. The molecule has 0 aliphatic carbocycles. The fourth-order valence-corrected chi connectivity index (χ4v) is 1.82. The second-order valence-electron chi connectivity index (χ2n) is 3.56. The summed E-state index contributed by atoms with van der Waals surface area (Å²) in [5.74, 6) is 0.0610. The number of fused-ring (bicyclic) bond motifs is 1. The molecule has 2 rings (SSSR count). The first-order valence-electron chi connectivity index (χ1n) is 4.75. The monoisotopic (exact) mass is 238 g/mol. The van der Waals surface area contributed by atoms with Crippen LogP contribution in [0.25, 0.3) is 10.9 Å². The van der Waals surface area contributed by atoms with Crippen molar-refractivity contribution in [3.63, 3.8) is 0 Å². The van der Waals surface area contributed by atoms with Crippen LogP contribution < -0.4 is 10.5 Å². The van der Waals surface area contributed by atoms with Gasteiger partial charge >= 0.3 is 5.97 Å². The van der Waals surface area contributed by atoms with Gasteiger partial charge in [0.25, 0.3) is 0 Å². The molecule has 84 valence electrons. The zero-order chi connectivity index (χ0) is 11.9. The number of aromatic nitrogens is 1. The third-order valence-electron chi connectivity index (χ3n) is 2.33. The van der Waals surface area contributed by atoms with Crippen LogP contribution in [0.1, 0.15) is 12.6 Å². The zero-order valence-corrected chi connectivity index (χ0v) is 9.68. The Kier molecular flexibility index (Phi) is 2.52. The van der Waals surface area contributed by atoms with Crippen molar-refractivity contribution in [3.8, 4) is 5.75 Å². The molecule has 3 N–H and O–H groups in total. The number of rotatable bonds is 1. The smallest absolute Gasteiger partial charge is 0.308 e. The van der Waals surface area contributed by atoms with E-state index in [-0.39, 0.29) is 5.97 Å². The molecular weight excluding hydrogens is 228 g/mol. The summed E-state index contributed by atoms with van der Waals surface area (Å²) in [5.41, 5.74) is 7.83. The molecule has 0 bridgehead atoms. The Bertz CT molecular complexity index is 575. The SMILES string of the molecule is CC(=O)Oc1c(C)[nH]c2ccc(Cl)c(N)c12. The van der Waals surface area contributed by atoms with Gasteiger partial charge < -0.3 is 15.5 Å². The largest absolute Gasteiger partial charge is 0.424 e. The molecule has 0 amide bonds. The fraction of sp³-hybridized carbons (Fsp3) is 0.182. The summed E-state index contributed by atoms with van der Waals surface area (Å²) < 4.78 is 5.13. The van der Waals surface area contributed by atoms with E-state index in [1.807, 2.05) is 6.92 Å². The molecule has 0 atom stereocenters. The third-order valence-corrected chi connectivity index (χ3v) is 2.66. The second-order valence-corrected chi connectivity index (χ2v) is 3.96. The number of nitrogens with one attached hydrogen (secondary N) is 1. The van der Waals surface area contributed by atoms with Gasteiger partial charge in [-0.2, -0.15) is 0 Å². The van der Waals surface area contributed by atoms with Gasteiger partial charge in [0.05, 0.1) is 27.3 Å². The van der Waals surface area contributed by atoms with Crippen LogP contribution >= 0.6 is 11.6 Å². The molecule has 1 aromatic heterocycles. The number of nitrogen functional groups attached to an aromatic ring is 1. The van der Waals surface area contributed by atoms with E-state index in [1.165, 1.54) is 6.92 Å². The summed E-state index contributed by atoms with van der Waals surface area (Å²) in [5, 5.41) is 1.10. The first-order valence-corrected chi connectivity index (χ1v) is 5.13. The van der Waals surface area contributed by atoms with Crippen molar-refractivity contribution in [3.05, 3.63) is 22.8 Å². The van der Waals surface area contributed by atoms with Crippen LogP contribution in [0.15, 0.2) is 12.1 Å². The summed E-state index contributed by atoms with van der Waals surface area (Å²) >= 11 is 5.93. The predicted molar refractivity (Wildman–Crippen MR) is 63.8 cm³/mol. The van der Waals surface area contributed by atoms with Crippen molar-refractivity contribution in [1.29, 1.82) is 0 Å². The van der Waals surface area contributed by atoms with Crippen LogP contribution in [-0.2, 0) is 4.79 Å². The van der Waals surface area contributed by atoms with Gasteiger partial charge in [-0.05, 0) is 19.1 Å². The standard InChI is InChI=1S/C11H11ClN2O2/c1-5-11(16-6(2)15)9-8(14-5)4-3-7(12)10(9)13/h3-4,14H,13H2,1-2H3. The number of esters is 1. The lowest BCUT2D eigenvalue weighted by Crippen LogP contribution is -2.02. The fourth-order valence-electron chi connectivity index (χ4n) is 1.66. The summed E-state index contributed by atoms with van der Waals surface area (Å²) in [4.78, 5) is 14.1. The molecule has 0 saturated heterocycles. The average Bonchev–Trinajstić information content (AvgIpc) is 2.50. The molecule has 0 fully saturated rings. The Morgan fingerprint density at radius 1 is 1.50 bits per heavy atom. The van der Waals surface area contributed by atoms with E-state index in [0.717, 1.165) is 11.2 Å². The van der Waals surface area contributed by atoms with Gasteiger partial charge in [0.2, 0.25) is 0 Å².